The quantitative estimate of drug-likeness (QED) is 0.541. The van der Waals surface area contributed by atoms with Gasteiger partial charge in [0.1, 0.15) is 5.52 Å². The Morgan fingerprint density at radius 2 is 1.92 bits per heavy atom. The first kappa shape index (κ1) is 14.2. The molecule has 3 heterocycles. The minimum absolute atomic E-state index is 0.228. The molecule has 0 aliphatic heterocycles. The van der Waals surface area contributed by atoms with Gasteiger partial charge in [0.25, 0.3) is 11.5 Å². The Morgan fingerprint density at radius 3 is 2.75 bits per heavy atom. The zero-order valence-corrected chi connectivity index (χ0v) is 12.7. The molecule has 0 aliphatic rings. The van der Waals surface area contributed by atoms with Crippen LogP contribution in [0.3, 0.4) is 0 Å². The van der Waals surface area contributed by atoms with Gasteiger partial charge in [-0.1, -0.05) is 18.2 Å². The highest BCUT2D eigenvalue weighted by atomic mass is 16.1. The molecule has 3 N–H and O–H groups in total. The molecule has 4 aromatic rings. The first-order valence-corrected chi connectivity index (χ1v) is 7.53. The van der Waals surface area contributed by atoms with Gasteiger partial charge in [-0.05, 0) is 23.8 Å². The van der Waals surface area contributed by atoms with E-state index in [1.807, 2.05) is 36.4 Å². The summed E-state index contributed by atoms with van der Waals surface area (Å²) in [5, 5.41) is 4.35. The molecule has 1 amide bonds. The summed E-state index contributed by atoms with van der Waals surface area (Å²) >= 11 is 0. The summed E-state index contributed by atoms with van der Waals surface area (Å²) in [7, 11) is 0. The van der Waals surface area contributed by atoms with Gasteiger partial charge in [0.05, 0.1) is 5.56 Å². The average Bonchev–Trinajstić information content (AvgIpc) is 3.07. The molecule has 0 unspecified atom stereocenters. The third kappa shape index (κ3) is 2.34. The molecule has 1 aromatic carbocycles. The Kier molecular flexibility index (Phi) is 3.35. The summed E-state index contributed by atoms with van der Waals surface area (Å²) in [6.45, 7) is 0.398. The number of pyridine rings is 2. The Morgan fingerprint density at radius 1 is 1.12 bits per heavy atom. The predicted octanol–water partition coefficient (Wildman–Crippen LogP) is 2.33. The number of aromatic nitrogens is 3. The van der Waals surface area contributed by atoms with E-state index in [-0.39, 0.29) is 11.5 Å². The van der Waals surface area contributed by atoms with Gasteiger partial charge in [-0.2, -0.15) is 0 Å². The Balaban J connectivity index is 1.76. The SMILES string of the molecule is O=C(NCc1ccncc1)c1c[nH]c2c(=O)[nH]c3ccccc3c12. The largest absolute Gasteiger partial charge is 0.356 e. The van der Waals surface area contributed by atoms with Crippen LogP contribution in [0, 0.1) is 0 Å². The van der Waals surface area contributed by atoms with Gasteiger partial charge in [0, 0.05) is 41.4 Å². The van der Waals surface area contributed by atoms with Gasteiger partial charge in [-0.3, -0.25) is 14.6 Å². The number of hydrogen-bond donors (Lipinski definition) is 3. The first-order valence-electron chi connectivity index (χ1n) is 7.53. The van der Waals surface area contributed by atoms with Crippen LogP contribution in [0.5, 0.6) is 0 Å². The highest BCUT2D eigenvalue weighted by Crippen LogP contribution is 2.24. The third-order valence-corrected chi connectivity index (χ3v) is 4.00. The number of hydrogen-bond acceptors (Lipinski definition) is 3. The van der Waals surface area contributed by atoms with Crippen LogP contribution < -0.4 is 10.9 Å². The van der Waals surface area contributed by atoms with E-state index in [0.29, 0.717) is 28.5 Å². The number of nitrogens with one attached hydrogen (secondary N) is 3. The van der Waals surface area contributed by atoms with Gasteiger partial charge in [0.15, 0.2) is 0 Å². The van der Waals surface area contributed by atoms with Crippen LogP contribution in [-0.2, 0) is 6.54 Å². The molecule has 24 heavy (non-hydrogen) atoms. The lowest BCUT2D eigenvalue weighted by molar-refractivity contribution is 0.0952. The molecule has 6 heteroatoms. The van der Waals surface area contributed by atoms with Crippen molar-refractivity contribution in [2.24, 2.45) is 0 Å². The van der Waals surface area contributed by atoms with Crippen LogP contribution in [0.1, 0.15) is 15.9 Å². The standard InChI is InChI=1S/C18H14N4O2/c23-17(21-9-11-5-7-19-8-6-11)13-10-20-16-15(13)12-3-1-2-4-14(12)22-18(16)24/h1-8,10,20H,9H2,(H,21,23)(H,22,24). The first-order chi connectivity index (χ1) is 11.7. The van der Waals surface area contributed by atoms with Gasteiger partial charge in [-0.25, -0.2) is 0 Å². The van der Waals surface area contributed by atoms with Crippen molar-refractivity contribution in [1.29, 1.82) is 0 Å². The number of nitrogens with zero attached hydrogens (tertiary/aromatic N) is 1. The Labute approximate surface area is 136 Å². The third-order valence-electron chi connectivity index (χ3n) is 4.00. The van der Waals surface area contributed by atoms with Crippen LogP contribution in [0.15, 0.2) is 59.8 Å². The molecule has 0 saturated heterocycles. The Bertz CT molecular complexity index is 1100. The molecule has 4 rings (SSSR count). The zero-order chi connectivity index (χ0) is 16.5. The maximum Gasteiger partial charge on any atom is 0.272 e. The number of carbonyl (C=O) groups is 1. The molecular weight excluding hydrogens is 304 g/mol. The average molecular weight is 318 g/mol. The summed E-state index contributed by atoms with van der Waals surface area (Å²) in [5.74, 6) is -0.228. The van der Waals surface area contributed by atoms with Crippen LogP contribution in [-0.4, -0.2) is 20.9 Å². The van der Waals surface area contributed by atoms with Gasteiger partial charge in [-0.15, -0.1) is 0 Å². The fourth-order valence-electron chi connectivity index (χ4n) is 2.83. The van der Waals surface area contributed by atoms with Crippen LogP contribution in [0.25, 0.3) is 21.8 Å². The normalized spacial score (nSPS) is 11.0. The van der Waals surface area contributed by atoms with Crippen molar-refractivity contribution in [1.82, 2.24) is 20.3 Å². The molecular formula is C18H14N4O2. The molecule has 0 bridgehead atoms. The van der Waals surface area contributed by atoms with Gasteiger partial charge >= 0.3 is 0 Å². The van der Waals surface area contributed by atoms with Crippen molar-refractivity contribution in [3.05, 3.63) is 76.5 Å². The number of rotatable bonds is 3. The zero-order valence-electron chi connectivity index (χ0n) is 12.7. The van der Waals surface area contributed by atoms with Crippen LogP contribution >= 0.6 is 0 Å². The lowest BCUT2D eigenvalue weighted by atomic mass is 10.1. The molecule has 0 saturated carbocycles. The molecule has 0 atom stereocenters. The van der Waals surface area contributed by atoms with E-state index in [9.17, 15) is 9.59 Å². The maximum absolute atomic E-state index is 12.6. The van der Waals surface area contributed by atoms with Crippen molar-refractivity contribution >= 4 is 27.7 Å². The van der Waals surface area contributed by atoms with E-state index in [1.165, 1.54) is 0 Å². The summed E-state index contributed by atoms with van der Waals surface area (Å²) in [6, 6.07) is 11.1. The van der Waals surface area contributed by atoms with Crippen molar-refractivity contribution in [2.75, 3.05) is 0 Å². The summed E-state index contributed by atoms with van der Waals surface area (Å²) in [5.41, 5.74) is 2.29. The number of carbonyl (C=O) groups excluding carboxylic acids is 1. The minimum Gasteiger partial charge on any atom is -0.356 e. The number of aromatic amines is 2. The van der Waals surface area contributed by atoms with E-state index >= 15 is 0 Å². The number of amides is 1. The van der Waals surface area contributed by atoms with Gasteiger partial charge < -0.3 is 15.3 Å². The molecule has 0 fully saturated rings. The summed E-state index contributed by atoms with van der Waals surface area (Å²) in [4.78, 5) is 34.5. The van der Waals surface area contributed by atoms with E-state index in [1.54, 1.807) is 18.6 Å². The monoisotopic (exact) mass is 318 g/mol. The fourth-order valence-corrected chi connectivity index (χ4v) is 2.83. The smallest absolute Gasteiger partial charge is 0.272 e. The number of para-hydroxylation sites is 1. The van der Waals surface area contributed by atoms with Crippen molar-refractivity contribution in [3.8, 4) is 0 Å². The molecule has 3 aromatic heterocycles. The molecule has 118 valence electrons. The molecule has 0 aliphatic carbocycles. The Hall–Kier alpha value is -3.41. The number of H-pyrrole nitrogens is 2. The highest BCUT2D eigenvalue weighted by Gasteiger charge is 2.16. The maximum atomic E-state index is 12.6. The number of benzene rings is 1. The number of fused-ring (bicyclic) bond motifs is 3. The molecule has 0 spiro atoms. The summed E-state index contributed by atoms with van der Waals surface area (Å²) < 4.78 is 0. The second-order valence-corrected chi connectivity index (χ2v) is 5.49. The van der Waals surface area contributed by atoms with Crippen molar-refractivity contribution in [2.45, 2.75) is 6.54 Å². The lowest BCUT2D eigenvalue weighted by Crippen LogP contribution is -2.22. The van der Waals surface area contributed by atoms with E-state index in [4.69, 9.17) is 0 Å². The summed E-state index contributed by atoms with van der Waals surface area (Å²) in [6.07, 6.45) is 4.94. The topological polar surface area (TPSA) is 90.6 Å². The second kappa shape index (κ2) is 5.66. The highest BCUT2D eigenvalue weighted by molar-refractivity contribution is 6.16. The van der Waals surface area contributed by atoms with Crippen LogP contribution in [0.4, 0.5) is 0 Å². The van der Waals surface area contributed by atoms with Crippen LogP contribution in [0.2, 0.25) is 0 Å². The van der Waals surface area contributed by atoms with E-state index in [0.717, 1.165) is 10.9 Å². The predicted molar refractivity (Wildman–Crippen MR) is 91.8 cm³/mol. The molecule has 0 radical (unpaired) electrons. The van der Waals surface area contributed by atoms with Crippen molar-refractivity contribution in [3.63, 3.8) is 0 Å². The lowest BCUT2D eigenvalue weighted by Gasteiger charge is -2.05. The van der Waals surface area contributed by atoms with Crippen molar-refractivity contribution < 1.29 is 4.79 Å². The fraction of sp³-hybridized carbons (Fsp3) is 0.0556. The molecule has 6 nitrogen and oxygen atoms in total. The van der Waals surface area contributed by atoms with Gasteiger partial charge in [0.2, 0.25) is 0 Å². The van der Waals surface area contributed by atoms with E-state index in [2.05, 4.69) is 20.3 Å². The minimum atomic E-state index is -0.239. The van der Waals surface area contributed by atoms with E-state index < -0.39 is 0 Å². The second-order valence-electron chi connectivity index (χ2n) is 5.49.